The maximum Gasteiger partial charge on any atom is 0.0510 e. The number of rotatable bonds is 2. The highest BCUT2D eigenvalue weighted by Gasteiger charge is 2.04. The molecule has 0 bridgehead atoms. The molecule has 2 aromatic rings. The van der Waals surface area contributed by atoms with Gasteiger partial charge >= 0.3 is 0 Å². The maximum absolute atomic E-state index is 2.32. The van der Waals surface area contributed by atoms with Crippen molar-refractivity contribution in [2.75, 3.05) is 0 Å². The molecule has 0 atom stereocenters. The van der Waals surface area contributed by atoms with Crippen molar-refractivity contribution in [3.8, 4) is 0 Å². The first-order chi connectivity index (χ1) is 6.68. The van der Waals surface area contributed by atoms with E-state index in [0.717, 1.165) is 6.54 Å². The second-order valence-corrected chi connectivity index (χ2v) is 4.16. The van der Waals surface area contributed by atoms with Crippen LogP contribution in [0.5, 0.6) is 0 Å². The van der Waals surface area contributed by atoms with Crippen molar-refractivity contribution in [1.29, 1.82) is 0 Å². The first kappa shape index (κ1) is 9.32. The lowest BCUT2D eigenvalue weighted by Gasteiger charge is -2.09. The van der Waals surface area contributed by atoms with Crippen molar-refractivity contribution in [3.05, 3.63) is 41.9 Å². The molecule has 0 unspecified atom stereocenters. The zero-order valence-electron chi connectivity index (χ0n) is 9.04. The van der Waals surface area contributed by atoms with E-state index < -0.39 is 0 Å². The Labute approximate surface area is 85.4 Å². The molecule has 1 aromatic heterocycles. The molecule has 1 nitrogen and oxygen atoms in total. The Kier molecular flexibility index (Phi) is 2.32. The summed E-state index contributed by atoms with van der Waals surface area (Å²) in [6.07, 6.45) is 2.17. The van der Waals surface area contributed by atoms with Crippen molar-refractivity contribution >= 4 is 10.9 Å². The predicted octanol–water partition coefficient (Wildman–Crippen LogP) is 3.56. The van der Waals surface area contributed by atoms with Gasteiger partial charge in [0.15, 0.2) is 0 Å². The van der Waals surface area contributed by atoms with E-state index in [1.54, 1.807) is 0 Å². The first-order valence-corrected chi connectivity index (χ1v) is 5.02. The molecule has 1 heteroatoms. The van der Waals surface area contributed by atoms with E-state index in [1.165, 1.54) is 22.4 Å². The van der Waals surface area contributed by atoms with Gasteiger partial charge in [-0.05, 0) is 29.9 Å². The van der Waals surface area contributed by atoms with Crippen molar-refractivity contribution in [2.24, 2.45) is 0 Å². The molecule has 0 fully saturated rings. The van der Waals surface area contributed by atoms with E-state index in [-0.39, 0.29) is 0 Å². The van der Waals surface area contributed by atoms with Gasteiger partial charge in [0, 0.05) is 12.7 Å². The lowest BCUT2D eigenvalue weighted by molar-refractivity contribution is 0.736. The van der Waals surface area contributed by atoms with E-state index in [0.29, 0.717) is 0 Å². The molecule has 14 heavy (non-hydrogen) atoms. The van der Waals surface area contributed by atoms with Crippen LogP contribution in [0.1, 0.15) is 19.4 Å². The van der Waals surface area contributed by atoms with Crippen LogP contribution in [-0.2, 0) is 6.54 Å². The Morgan fingerprint density at radius 2 is 2.00 bits per heavy atom. The number of nitrogens with zero attached hydrogens (tertiary/aromatic N) is 1. The second-order valence-electron chi connectivity index (χ2n) is 4.16. The minimum Gasteiger partial charge on any atom is -0.347 e. The van der Waals surface area contributed by atoms with Crippen molar-refractivity contribution in [3.63, 3.8) is 0 Å². The summed E-state index contributed by atoms with van der Waals surface area (Å²) in [7, 11) is 0. The third kappa shape index (κ3) is 1.54. The molecule has 0 saturated carbocycles. The van der Waals surface area contributed by atoms with Gasteiger partial charge in [-0.3, -0.25) is 0 Å². The van der Waals surface area contributed by atoms with Gasteiger partial charge < -0.3 is 4.57 Å². The average Bonchev–Trinajstić information content (AvgIpc) is 2.49. The highest BCUT2D eigenvalue weighted by Crippen LogP contribution is 2.20. The summed E-state index contributed by atoms with van der Waals surface area (Å²) in [5, 5.41) is 1.34. The van der Waals surface area contributed by atoms with Crippen LogP contribution in [0.25, 0.3) is 10.9 Å². The highest BCUT2D eigenvalue weighted by molar-refractivity contribution is 5.83. The van der Waals surface area contributed by atoms with Crippen LogP contribution in [0, 0.1) is 12.8 Å². The Bertz CT molecular complexity index is 437. The zero-order valence-corrected chi connectivity index (χ0v) is 9.04. The Morgan fingerprint density at radius 1 is 1.21 bits per heavy atom. The van der Waals surface area contributed by atoms with Crippen LogP contribution in [0.2, 0.25) is 0 Å². The standard InChI is InChI=1S/C13H16N/c1-10(2)9-14-8-7-12-6-4-5-11(3)13(12)14/h4-8H,9H2,1-3H3. The second kappa shape index (κ2) is 3.49. The maximum atomic E-state index is 2.32. The summed E-state index contributed by atoms with van der Waals surface area (Å²) < 4.78 is 2.32. The molecular formula is C13H16N. The fourth-order valence-corrected chi connectivity index (χ4v) is 1.93. The normalized spacial score (nSPS) is 11.4. The average molecular weight is 186 g/mol. The minimum absolute atomic E-state index is 1.02. The summed E-state index contributed by atoms with van der Waals surface area (Å²) in [6.45, 7) is 7.53. The molecular weight excluding hydrogens is 170 g/mol. The summed E-state index contributed by atoms with van der Waals surface area (Å²) in [5.41, 5.74) is 2.72. The van der Waals surface area contributed by atoms with E-state index in [2.05, 4.69) is 55.8 Å². The van der Waals surface area contributed by atoms with Gasteiger partial charge in [-0.1, -0.05) is 32.0 Å². The highest BCUT2D eigenvalue weighted by atomic mass is 15.0. The molecule has 1 radical (unpaired) electrons. The van der Waals surface area contributed by atoms with Crippen LogP contribution in [0.4, 0.5) is 0 Å². The van der Waals surface area contributed by atoms with Gasteiger partial charge in [-0.2, -0.15) is 0 Å². The molecule has 73 valence electrons. The third-order valence-corrected chi connectivity index (χ3v) is 2.48. The van der Waals surface area contributed by atoms with Gasteiger partial charge in [-0.25, -0.2) is 0 Å². The Morgan fingerprint density at radius 3 is 2.71 bits per heavy atom. The van der Waals surface area contributed by atoms with Gasteiger partial charge in [0.1, 0.15) is 0 Å². The lowest BCUT2D eigenvalue weighted by atomic mass is 10.1. The largest absolute Gasteiger partial charge is 0.347 e. The number of aryl methyl sites for hydroxylation is 1. The molecule has 0 aliphatic heterocycles. The lowest BCUT2D eigenvalue weighted by Crippen LogP contribution is -2.01. The SMILES string of the molecule is C[C](C)Cn1ccc2cccc(C)c21. The van der Waals surface area contributed by atoms with E-state index in [4.69, 9.17) is 0 Å². The molecule has 0 aliphatic rings. The predicted molar refractivity (Wildman–Crippen MR) is 61.3 cm³/mol. The fraction of sp³-hybridized carbons (Fsp3) is 0.308. The number of hydrogen-bond donors (Lipinski definition) is 0. The molecule has 2 rings (SSSR count). The van der Waals surface area contributed by atoms with E-state index in [9.17, 15) is 0 Å². The van der Waals surface area contributed by atoms with Crippen LogP contribution in [0.3, 0.4) is 0 Å². The van der Waals surface area contributed by atoms with Gasteiger partial charge in [-0.15, -0.1) is 0 Å². The van der Waals surface area contributed by atoms with Gasteiger partial charge in [0.05, 0.1) is 5.52 Å². The topological polar surface area (TPSA) is 4.93 Å². The summed E-state index contributed by atoms with van der Waals surface area (Å²) in [5.74, 6) is 1.44. The molecule has 0 saturated heterocycles. The zero-order chi connectivity index (χ0) is 10.1. The van der Waals surface area contributed by atoms with Crippen LogP contribution in [-0.4, -0.2) is 4.57 Å². The van der Waals surface area contributed by atoms with Crippen LogP contribution in [0.15, 0.2) is 30.5 Å². The van der Waals surface area contributed by atoms with Crippen LogP contribution >= 0.6 is 0 Å². The molecule has 0 amide bonds. The van der Waals surface area contributed by atoms with Gasteiger partial charge in [0.2, 0.25) is 0 Å². The smallest absolute Gasteiger partial charge is 0.0510 e. The van der Waals surface area contributed by atoms with Gasteiger partial charge in [0.25, 0.3) is 0 Å². The number of aromatic nitrogens is 1. The molecule has 1 heterocycles. The van der Waals surface area contributed by atoms with Crippen LogP contribution < -0.4 is 0 Å². The third-order valence-electron chi connectivity index (χ3n) is 2.48. The quantitative estimate of drug-likeness (QED) is 0.675. The van der Waals surface area contributed by atoms with Crippen molar-refractivity contribution in [2.45, 2.75) is 27.3 Å². The Balaban J connectivity index is 2.55. The summed E-state index contributed by atoms with van der Waals surface area (Å²) in [4.78, 5) is 0. The number of fused-ring (bicyclic) bond motifs is 1. The van der Waals surface area contributed by atoms with Crippen molar-refractivity contribution in [1.82, 2.24) is 4.57 Å². The molecule has 0 spiro atoms. The molecule has 0 N–H and O–H groups in total. The molecule has 0 aliphatic carbocycles. The Hall–Kier alpha value is -1.24. The molecule has 1 aromatic carbocycles. The van der Waals surface area contributed by atoms with E-state index in [1.807, 2.05) is 0 Å². The summed E-state index contributed by atoms with van der Waals surface area (Å²) >= 11 is 0. The summed E-state index contributed by atoms with van der Waals surface area (Å²) in [6, 6.07) is 8.64. The van der Waals surface area contributed by atoms with Crippen molar-refractivity contribution < 1.29 is 0 Å². The van der Waals surface area contributed by atoms with E-state index >= 15 is 0 Å². The number of hydrogen-bond acceptors (Lipinski definition) is 0. The fourth-order valence-electron chi connectivity index (χ4n) is 1.93. The number of para-hydroxylation sites is 1. The number of benzene rings is 1. The minimum atomic E-state index is 1.02. The first-order valence-electron chi connectivity index (χ1n) is 5.02. The monoisotopic (exact) mass is 186 g/mol.